The Hall–Kier alpha value is -1.68. The van der Waals surface area contributed by atoms with Crippen molar-refractivity contribution in [3.63, 3.8) is 0 Å². The van der Waals surface area contributed by atoms with Gasteiger partial charge < -0.3 is 5.11 Å². The van der Waals surface area contributed by atoms with E-state index >= 15 is 0 Å². The number of pyridine rings is 1. The fraction of sp³-hybridized carbons (Fsp3) is 0.455. The molecule has 0 amide bonds. The molecule has 0 spiro atoms. The second kappa shape index (κ2) is 5.98. The largest absolute Gasteiger partial charge is 0.480 e. The first-order valence-electron chi connectivity index (χ1n) is 5.74. The van der Waals surface area contributed by atoms with Gasteiger partial charge in [0.2, 0.25) is 10.0 Å². The lowest BCUT2D eigenvalue weighted by molar-refractivity contribution is -0.143. The SMILES string of the molecule is CC(C)C(NS(=O)(=O)c1cccnc1C(F)(F)F)C(=O)O. The average Bonchev–Trinajstić information content (AvgIpc) is 2.34. The molecule has 1 aromatic rings. The van der Waals surface area contributed by atoms with Crippen LogP contribution in [-0.4, -0.2) is 30.5 Å². The first-order chi connectivity index (χ1) is 9.47. The molecule has 6 nitrogen and oxygen atoms in total. The number of halogens is 3. The lowest BCUT2D eigenvalue weighted by Gasteiger charge is -2.19. The van der Waals surface area contributed by atoms with Gasteiger partial charge in [-0.25, -0.2) is 8.42 Å². The number of carboxylic acids is 1. The standard InChI is InChI=1S/C11H13F3N2O4S/c1-6(2)8(10(17)18)16-21(19,20)7-4-3-5-15-9(7)11(12,13)14/h3-6,8,16H,1-2H3,(H,17,18). The lowest BCUT2D eigenvalue weighted by Crippen LogP contribution is -2.44. The van der Waals surface area contributed by atoms with Crippen molar-refractivity contribution >= 4 is 16.0 Å². The second-order valence-electron chi connectivity index (χ2n) is 4.53. The van der Waals surface area contributed by atoms with Gasteiger partial charge in [0.05, 0.1) is 0 Å². The second-order valence-corrected chi connectivity index (χ2v) is 6.21. The summed E-state index contributed by atoms with van der Waals surface area (Å²) in [5.41, 5.74) is -1.59. The third kappa shape index (κ3) is 4.14. The number of aromatic nitrogens is 1. The van der Waals surface area contributed by atoms with Gasteiger partial charge in [-0.2, -0.15) is 17.9 Å². The summed E-state index contributed by atoms with van der Waals surface area (Å²) < 4.78 is 64.0. The summed E-state index contributed by atoms with van der Waals surface area (Å²) in [5.74, 6) is -2.13. The summed E-state index contributed by atoms with van der Waals surface area (Å²) in [7, 11) is -4.68. The van der Waals surface area contributed by atoms with Crippen molar-refractivity contribution in [3.8, 4) is 0 Å². The van der Waals surface area contributed by atoms with Crippen LogP contribution in [0.3, 0.4) is 0 Å². The molecule has 0 bridgehead atoms. The first-order valence-corrected chi connectivity index (χ1v) is 7.22. The zero-order chi connectivity index (χ0) is 16.4. The predicted octanol–water partition coefficient (Wildman–Crippen LogP) is 1.49. The first kappa shape index (κ1) is 17.4. The number of carboxylic acid groups (broad SMARTS) is 1. The van der Waals surface area contributed by atoms with Gasteiger partial charge in [0, 0.05) is 6.20 Å². The highest BCUT2D eigenvalue weighted by Gasteiger charge is 2.40. The molecule has 0 aliphatic heterocycles. The van der Waals surface area contributed by atoms with Crippen LogP contribution in [0.25, 0.3) is 0 Å². The zero-order valence-corrected chi connectivity index (χ0v) is 11.9. The summed E-state index contributed by atoms with van der Waals surface area (Å²) >= 11 is 0. The maximum absolute atomic E-state index is 12.8. The van der Waals surface area contributed by atoms with Gasteiger partial charge in [-0.3, -0.25) is 9.78 Å². The number of hydrogen-bond donors (Lipinski definition) is 2. The van der Waals surface area contributed by atoms with Gasteiger partial charge in [0.25, 0.3) is 0 Å². The van der Waals surface area contributed by atoms with Crippen molar-refractivity contribution in [1.82, 2.24) is 9.71 Å². The van der Waals surface area contributed by atoms with Gasteiger partial charge >= 0.3 is 12.1 Å². The van der Waals surface area contributed by atoms with E-state index in [0.29, 0.717) is 0 Å². The normalized spacial score (nSPS) is 14.2. The van der Waals surface area contributed by atoms with Crippen LogP contribution in [0.1, 0.15) is 19.5 Å². The van der Waals surface area contributed by atoms with E-state index < -0.39 is 44.7 Å². The van der Waals surface area contributed by atoms with Crippen molar-refractivity contribution in [2.45, 2.75) is 31.0 Å². The fourth-order valence-electron chi connectivity index (χ4n) is 1.52. The molecule has 21 heavy (non-hydrogen) atoms. The Kier molecular flexibility index (Phi) is 4.95. The summed E-state index contributed by atoms with van der Waals surface area (Å²) in [6.07, 6.45) is -4.17. The summed E-state index contributed by atoms with van der Waals surface area (Å²) in [6, 6.07) is 0.197. The van der Waals surface area contributed by atoms with Gasteiger partial charge in [-0.05, 0) is 18.1 Å². The molecule has 1 rings (SSSR count). The molecule has 118 valence electrons. The third-order valence-electron chi connectivity index (χ3n) is 2.54. The van der Waals surface area contributed by atoms with E-state index in [1.807, 2.05) is 0 Å². The maximum atomic E-state index is 12.8. The van der Waals surface area contributed by atoms with Crippen LogP contribution in [-0.2, 0) is 21.0 Å². The van der Waals surface area contributed by atoms with E-state index in [0.717, 1.165) is 18.3 Å². The van der Waals surface area contributed by atoms with Crippen molar-refractivity contribution in [2.24, 2.45) is 5.92 Å². The topological polar surface area (TPSA) is 96.4 Å². The molecule has 2 N–H and O–H groups in total. The molecule has 1 atom stereocenters. The summed E-state index contributed by atoms with van der Waals surface area (Å²) in [4.78, 5) is 12.9. The zero-order valence-electron chi connectivity index (χ0n) is 11.0. The Balaban J connectivity index is 3.30. The van der Waals surface area contributed by atoms with Crippen LogP contribution in [0, 0.1) is 5.92 Å². The van der Waals surface area contributed by atoms with Crippen LogP contribution < -0.4 is 4.72 Å². The monoisotopic (exact) mass is 326 g/mol. The van der Waals surface area contributed by atoms with Crippen molar-refractivity contribution in [1.29, 1.82) is 0 Å². The van der Waals surface area contributed by atoms with Gasteiger partial charge in [0.1, 0.15) is 10.9 Å². The number of rotatable bonds is 5. The highest BCUT2D eigenvalue weighted by Crippen LogP contribution is 2.32. The lowest BCUT2D eigenvalue weighted by atomic mass is 10.1. The number of sulfonamides is 1. The summed E-state index contributed by atoms with van der Waals surface area (Å²) in [5, 5.41) is 8.92. The Labute approximate surface area is 119 Å². The Morgan fingerprint density at radius 2 is 1.95 bits per heavy atom. The third-order valence-corrected chi connectivity index (χ3v) is 4.02. The van der Waals surface area contributed by atoms with Crippen LogP contribution in [0.5, 0.6) is 0 Å². The number of alkyl halides is 3. The molecule has 1 aromatic heterocycles. The van der Waals surface area contributed by atoms with Crippen LogP contribution >= 0.6 is 0 Å². The van der Waals surface area contributed by atoms with Crippen molar-refractivity contribution in [3.05, 3.63) is 24.0 Å². The van der Waals surface area contributed by atoms with E-state index in [9.17, 15) is 26.4 Å². The average molecular weight is 326 g/mol. The number of hydrogen-bond acceptors (Lipinski definition) is 4. The van der Waals surface area contributed by atoms with Crippen LogP contribution in [0.4, 0.5) is 13.2 Å². The maximum Gasteiger partial charge on any atom is 0.434 e. The molecule has 1 heterocycles. The Bertz CT molecular complexity index is 629. The van der Waals surface area contributed by atoms with E-state index in [4.69, 9.17) is 5.11 Å². The number of nitrogens with zero attached hydrogens (tertiary/aromatic N) is 1. The Morgan fingerprint density at radius 3 is 2.38 bits per heavy atom. The minimum atomic E-state index is -4.97. The molecule has 0 fully saturated rings. The predicted molar refractivity (Wildman–Crippen MR) is 65.8 cm³/mol. The highest BCUT2D eigenvalue weighted by atomic mass is 32.2. The molecular formula is C11H13F3N2O4S. The smallest absolute Gasteiger partial charge is 0.434 e. The number of carbonyl (C=O) groups is 1. The molecule has 1 unspecified atom stereocenters. The highest BCUT2D eigenvalue weighted by molar-refractivity contribution is 7.89. The summed E-state index contributed by atoms with van der Waals surface area (Å²) in [6.45, 7) is 2.85. The van der Waals surface area contributed by atoms with Gasteiger partial charge in [-0.1, -0.05) is 13.8 Å². The quantitative estimate of drug-likeness (QED) is 0.854. The van der Waals surface area contributed by atoms with Crippen molar-refractivity contribution < 1.29 is 31.5 Å². The van der Waals surface area contributed by atoms with E-state index in [1.54, 1.807) is 4.72 Å². The van der Waals surface area contributed by atoms with Gasteiger partial charge in [0.15, 0.2) is 5.69 Å². The molecular weight excluding hydrogens is 313 g/mol. The molecule has 0 aromatic carbocycles. The molecule has 0 aliphatic rings. The van der Waals surface area contributed by atoms with Crippen LogP contribution in [0.15, 0.2) is 23.2 Å². The van der Waals surface area contributed by atoms with E-state index in [1.165, 1.54) is 13.8 Å². The Morgan fingerprint density at radius 1 is 1.38 bits per heavy atom. The number of aliphatic carboxylic acids is 1. The molecule has 0 radical (unpaired) electrons. The molecule has 0 aliphatic carbocycles. The van der Waals surface area contributed by atoms with E-state index in [2.05, 4.69) is 4.98 Å². The van der Waals surface area contributed by atoms with Crippen molar-refractivity contribution in [2.75, 3.05) is 0 Å². The fourth-order valence-corrected chi connectivity index (χ4v) is 3.04. The van der Waals surface area contributed by atoms with E-state index in [-0.39, 0.29) is 0 Å². The minimum absolute atomic E-state index is 0.650. The van der Waals surface area contributed by atoms with Crippen LogP contribution in [0.2, 0.25) is 0 Å². The van der Waals surface area contributed by atoms with Gasteiger partial charge in [-0.15, -0.1) is 0 Å². The molecule has 0 saturated carbocycles. The molecule has 10 heteroatoms. The minimum Gasteiger partial charge on any atom is -0.480 e. The molecule has 0 saturated heterocycles. The number of nitrogens with one attached hydrogen (secondary N) is 1.